The molecule has 0 saturated heterocycles. The molecule has 1 saturated carbocycles. The molecule has 152 valence electrons. The van der Waals surface area contributed by atoms with Crippen LogP contribution >= 0.6 is 0 Å². The second kappa shape index (κ2) is 6.33. The van der Waals surface area contributed by atoms with Gasteiger partial charge in [0, 0.05) is 23.7 Å². The number of fused-ring (bicyclic) bond motifs is 2. The van der Waals surface area contributed by atoms with E-state index in [2.05, 4.69) is 16.2 Å². The number of hydrogen-bond donors (Lipinski definition) is 0. The summed E-state index contributed by atoms with van der Waals surface area (Å²) in [6.45, 7) is 3.01. The van der Waals surface area contributed by atoms with Crippen molar-refractivity contribution in [3.05, 3.63) is 47.9 Å². The predicted octanol–water partition coefficient (Wildman–Crippen LogP) is 4.68. The molecule has 0 radical (unpaired) electrons. The first kappa shape index (κ1) is 18.7. The first-order chi connectivity index (χ1) is 14.3. The molecule has 0 bridgehead atoms. The number of halogens is 2. The van der Waals surface area contributed by atoms with Gasteiger partial charge in [-0.2, -0.15) is 15.5 Å². The van der Waals surface area contributed by atoms with Crippen LogP contribution in [-0.2, 0) is 12.0 Å². The van der Waals surface area contributed by atoms with Crippen molar-refractivity contribution >= 4 is 21.8 Å². The van der Waals surface area contributed by atoms with Crippen LogP contribution in [0.5, 0.6) is 0 Å². The van der Waals surface area contributed by atoms with Crippen LogP contribution in [0.25, 0.3) is 27.6 Å². The fourth-order valence-electron chi connectivity index (χ4n) is 3.89. The third kappa shape index (κ3) is 3.02. The maximum atomic E-state index is 13.2. The van der Waals surface area contributed by atoms with E-state index in [0.717, 1.165) is 47.3 Å². The minimum atomic E-state index is -2.73. The highest BCUT2D eigenvalue weighted by Crippen LogP contribution is 2.48. The normalized spacial score (nSPS) is 15.6. The van der Waals surface area contributed by atoms with E-state index in [9.17, 15) is 14.0 Å². The molecule has 0 N–H and O–H groups in total. The summed E-state index contributed by atoms with van der Waals surface area (Å²) in [4.78, 5) is 4.51. The summed E-state index contributed by atoms with van der Waals surface area (Å²) < 4.78 is 29.7. The second-order valence-corrected chi connectivity index (χ2v) is 8.21. The minimum absolute atomic E-state index is 0.127. The molecule has 1 aliphatic rings. The Morgan fingerprint density at radius 3 is 2.73 bits per heavy atom. The first-order valence-corrected chi connectivity index (χ1v) is 9.91. The lowest BCUT2D eigenvalue weighted by Gasteiger charge is -2.10. The number of pyridine rings is 1. The number of nitrogens with zero attached hydrogens (tertiary/aromatic N) is 6. The Bertz CT molecular complexity index is 1320. The van der Waals surface area contributed by atoms with Gasteiger partial charge < -0.3 is 0 Å². The third-order valence-electron chi connectivity index (χ3n) is 5.92. The number of benzene rings is 1. The highest BCUT2D eigenvalue weighted by Gasteiger charge is 2.45. The fourth-order valence-corrected chi connectivity index (χ4v) is 3.89. The topological polar surface area (TPSA) is 72.3 Å². The predicted molar refractivity (Wildman–Crippen MR) is 109 cm³/mol. The van der Waals surface area contributed by atoms with Crippen LogP contribution in [0.2, 0.25) is 0 Å². The van der Waals surface area contributed by atoms with Crippen molar-refractivity contribution in [2.45, 2.75) is 51.0 Å². The van der Waals surface area contributed by atoms with E-state index in [1.165, 1.54) is 0 Å². The SMILES string of the molecule is Cc1c2ccc(C3(C#N)CC3)cc2nn1-c1cc2cnn(CCC(C)(F)F)c2cn1. The minimum Gasteiger partial charge on any atom is -0.263 e. The Labute approximate surface area is 171 Å². The zero-order valence-corrected chi connectivity index (χ0v) is 16.7. The van der Waals surface area contributed by atoms with Gasteiger partial charge >= 0.3 is 0 Å². The average molecular weight is 406 g/mol. The summed E-state index contributed by atoms with van der Waals surface area (Å²) in [6.07, 6.45) is 4.82. The lowest BCUT2D eigenvalue weighted by Crippen LogP contribution is -2.14. The molecule has 6 nitrogen and oxygen atoms in total. The molecule has 0 aliphatic heterocycles. The van der Waals surface area contributed by atoms with E-state index in [-0.39, 0.29) is 18.4 Å². The van der Waals surface area contributed by atoms with Gasteiger partial charge in [-0.1, -0.05) is 12.1 Å². The van der Waals surface area contributed by atoms with Crippen molar-refractivity contribution in [3.8, 4) is 11.9 Å². The van der Waals surface area contributed by atoms with Crippen molar-refractivity contribution in [1.29, 1.82) is 5.26 Å². The maximum absolute atomic E-state index is 13.2. The summed E-state index contributed by atoms with van der Waals surface area (Å²) in [5.41, 5.74) is 3.15. The highest BCUT2D eigenvalue weighted by atomic mass is 19.3. The highest BCUT2D eigenvalue weighted by molar-refractivity contribution is 5.84. The standard InChI is InChI=1S/C22H20F2N6/c1-14-17-4-3-16(22(13-25)5-6-22)10-18(17)28-30(14)20-9-15-11-27-29(19(15)12-26-20)8-7-21(2,23)24/h3-4,9-12H,5-8H2,1-2H3. The summed E-state index contributed by atoms with van der Waals surface area (Å²) in [5.74, 6) is -2.10. The lowest BCUT2D eigenvalue weighted by atomic mass is 9.96. The van der Waals surface area contributed by atoms with Crippen molar-refractivity contribution in [2.24, 2.45) is 0 Å². The molecule has 0 unspecified atom stereocenters. The number of nitriles is 1. The Morgan fingerprint density at radius 2 is 2.03 bits per heavy atom. The molecule has 30 heavy (non-hydrogen) atoms. The molecule has 3 heterocycles. The lowest BCUT2D eigenvalue weighted by molar-refractivity contribution is 0.00813. The van der Waals surface area contributed by atoms with Gasteiger partial charge in [-0.05, 0) is 44.4 Å². The molecule has 0 atom stereocenters. The van der Waals surface area contributed by atoms with Crippen LogP contribution in [0, 0.1) is 18.3 Å². The molecule has 3 aromatic heterocycles. The Balaban J connectivity index is 1.52. The summed E-state index contributed by atoms with van der Waals surface area (Å²) >= 11 is 0. The molecule has 5 rings (SSSR count). The van der Waals surface area contributed by atoms with Crippen molar-refractivity contribution < 1.29 is 8.78 Å². The van der Waals surface area contributed by atoms with Gasteiger partial charge in [-0.25, -0.2) is 18.4 Å². The van der Waals surface area contributed by atoms with E-state index in [1.807, 2.05) is 31.2 Å². The number of aryl methyl sites for hydroxylation is 2. The molecular formula is C22H20F2N6. The van der Waals surface area contributed by atoms with Crippen LogP contribution in [0.3, 0.4) is 0 Å². The fraction of sp³-hybridized carbons (Fsp3) is 0.364. The second-order valence-electron chi connectivity index (χ2n) is 8.21. The summed E-state index contributed by atoms with van der Waals surface area (Å²) in [7, 11) is 0. The van der Waals surface area contributed by atoms with Gasteiger partial charge in [0.2, 0.25) is 5.92 Å². The summed E-state index contributed by atoms with van der Waals surface area (Å²) in [5, 5.41) is 20.3. The molecule has 1 aromatic carbocycles. The van der Waals surface area contributed by atoms with Crippen molar-refractivity contribution in [1.82, 2.24) is 24.5 Å². The van der Waals surface area contributed by atoms with Gasteiger partial charge in [0.1, 0.15) is 0 Å². The van der Waals surface area contributed by atoms with Crippen LogP contribution < -0.4 is 0 Å². The quantitative estimate of drug-likeness (QED) is 0.482. The van der Waals surface area contributed by atoms with Gasteiger partial charge in [-0.3, -0.25) is 4.68 Å². The van der Waals surface area contributed by atoms with E-state index in [1.54, 1.807) is 21.8 Å². The van der Waals surface area contributed by atoms with Gasteiger partial charge in [0.15, 0.2) is 5.82 Å². The van der Waals surface area contributed by atoms with E-state index in [4.69, 9.17) is 5.10 Å². The molecule has 1 fully saturated rings. The number of hydrogen-bond acceptors (Lipinski definition) is 4. The summed E-state index contributed by atoms with van der Waals surface area (Å²) in [6, 6.07) is 10.3. The van der Waals surface area contributed by atoms with Gasteiger partial charge in [-0.15, -0.1) is 0 Å². The van der Waals surface area contributed by atoms with Crippen molar-refractivity contribution in [3.63, 3.8) is 0 Å². The third-order valence-corrected chi connectivity index (χ3v) is 5.92. The van der Waals surface area contributed by atoms with Crippen LogP contribution in [0.15, 0.2) is 36.7 Å². The molecule has 0 amide bonds. The molecule has 8 heteroatoms. The van der Waals surface area contributed by atoms with Crippen molar-refractivity contribution in [2.75, 3.05) is 0 Å². The largest absolute Gasteiger partial charge is 0.263 e. The Morgan fingerprint density at radius 1 is 1.23 bits per heavy atom. The molecule has 0 spiro atoms. The Kier molecular flexibility index (Phi) is 3.94. The monoisotopic (exact) mass is 406 g/mol. The molecule has 4 aromatic rings. The smallest absolute Gasteiger partial charge is 0.247 e. The first-order valence-electron chi connectivity index (χ1n) is 9.91. The van der Waals surface area contributed by atoms with Gasteiger partial charge in [0.25, 0.3) is 0 Å². The number of aromatic nitrogens is 5. The van der Waals surface area contributed by atoms with Crippen LogP contribution in [0.4, 0.5) is 8.78 Å². The molecular weight excluding hydrogens is 386 g/mol. The maximum Gasteiger partial charge on any atom is 0.247 e. The van der Waals surface area contributed by atoms with E-state index < -0.39 is 5.92 Å². The zero-order chi connectivity index (χ0) is 21.1. The van der Waals surface area contributed by atoms with Gasteiger partial charge in [0.05, 0.1) is 40.6 Å². The molecule has 1 aliphatic carbocycles. The van der Waals surface area contributed by atoms with Crippen LogP contribution in [0.1, 0.15) is 37.4 Å². The Hall–Kier alpha value is -3.34. The number of rotatable bonds is 5. The number of alkyl halides is 2. The van der Waals surface area contributed by atoms with E-state index >= 15 is 0 Å². The van der Waals surface area contributed by atoms with Crippen LogP contribution in [-0.4, -0.2) is 30.5 Å². The van der Waals surface area contributed by atoms with E-state index in [0.29, 0.717) is 11.3 Å². The zero-order valence-electron chi connectivity index (χ0n) is 16.7. The average Bonchev–Trinajstić information content (AvgIpc) is 3.32.